The van der Waals surface area contributed by atoms with Crippen molar-refractivity contribution in [2.24, 2.45) is 0 Å². The molecule has 6 nitrogen and oxygen atoms in total. The minimum Gasteiger partial charge on any atom is -0.497 e. The Bertz CT molecular complexity index is 805. The molecule has 0 saturated carbocycles. The fourth-order valence-electron chi connectivity index (χ4n) is 3.65. The van der Waals surface area contributed by atoms with Gasteiger partial charge in [-0.3, -0.25) is 4.90 Å². The van der Waals surface area contributed by atoms with Crippen molar-refractivity contribution >= 4 is 6.08 Å². The molecule has 1 aliphatic rings. The van der Waals surface area contributed by atoms with Gasteiger partial charge in [-0.25, -0.2) is 0 Å². The smallest absolute Gasteiger partial charge is 0.161 e. The predicted molar refractivity (Wildman–Crippen MR) is 113 cm³/mol. The summed E-state index contributed by atoms with van der Waals surface area (Å²) in [6.45, 7) is 2.07. The first-order valence-electron chi connectivity index (χ1n) is 9.69. The Labute approximate surface area is 172 Å². The summed E-state index contributed by atoms with van der Waals surface area (Å²) in [5.41, 5.74) is 2.14. The van der Waals surface area contributed by atoms with Gasteiger partial charge in [-0.1, -0.05) is 30.4 Å². The number of nitrogens with zero attached hydrogens (tertiary/aromatic N) is 1. The number of ether oxygens (including phenoxy) is 4. The fraction of sp³-hybridized carbons (Fsp3) is 0.391. The summed E-state index contributed by atoms with van der Waals surface area (Å²) in [6.07, 6.45) is 3.93. The van der Waals surface area contributed by atoms with Gasteiger partial charge in [0.1, 0.15) is 11.9 Å². The molecule has 0 radical (unpaired) electrons. The summed E-state index contributed by atoms with van der Waals surface area (Å²) >= 11 is 0. The standard InChI is InChI=1S/C23H29NO5/c1-26-19-9-6-17(7-10-19)5-4-12-24-13-14-29-22(16-25)23(24)18-8-11-20(27-2)21(15-18)28-3/h4-11,15,22-23,25H,12-14,16H2,1-3H3/b5-4+/t22-,23-/m1/s1. The van der Waals surface area contributed by atoms with Crippen molar-refractivity contribution in [3.05, 3.63) is 59.7 Å². The molecule has 0 spiro atoms. The Kier molecular flexibility index (Phi) is 7.52. The third kappa shape index (κ3) is 5.09. The topological polar surface area (TPSA) is 60.4 Å². The van der Waals surface area contributed by atoms with Crippen molar-refractivity contribution < 1.29 is 24.1 Å². The van der Waals surface area contributed by atoms with Crippen molar-refractivity contribution in [1.82, 2.24) is 4.90 Å². The number of rotatable bonds is 8. The van der Waals surface area contributed by atoms with Gasteiger partial charge in [-0.05, 0) is 35.4 Å². The first-order valence-corrected chi connectivity index (χ1v) is 9.69. The third-order valence-corrected chi connectivity index (χ3v) is 5.15. The van der Waals surface area contributed by atoms with E-state index in [4.69, 9.17) is 18.9 Å². The fourth-order valence-corrected chi connectivity index (χ4v) is 3.65. The second-order valence-corrected chi connectivity index (χ2v) is 6.82. The molecule has 1 N–H and O–H groups in total. The summed E-state index contributed by atoms with van der Waals surface area (Å²) in [6, 6.07) is 13.7. The number of hydrogen-bond donors (Lipinski definition) is 1. The Morgan fingerprint density at radius 2 is 1.79 bits per heavy atom. The van der Waals surface area contributed by atoms with Gasteiger partial charge in [0.25, 0.3) is 0 Å². The molecule has 0 bridgehead atoms. The minimum atomic E-state index is -0.295. The lowest BCUT2D eigenvalue weighted by atomic mass is 9.97. The zero-order valence-electron chi connectivity index (χ0n) is 17.2. The van der Waals surface area contributed by atoms with E-state index in [-0.39, 0.29) is 18.8 Å². The third-order valence-electron chi connectivity index (χ3n) is 5.15. The summed E-state index contributed by atoms with van der Waals surface area (Å²) in [5.74, 6) is 2.19. The van der Waals surface area contributed by atoms with Gasteiger partial charge in [0.05, 0.1) is 40.6 Å². The van der Waals surface area contributed by atoms with Crippen molar-refractivity contribution in [2.75, 3.05) is 47.6 Å². The highest BCUT2D eigenvalue weighted by atomic mass is 16.5. The monoisotopic (exact) mass is 399 g/mol. The van der Waals surface area contributed by atoms with Gasteiger partial charge in [-0.15, -0.1) is 0 Å². The van der Waals surface area contributed by atoms with Gasteiger partial charge in [0.15, 0.2) is 11.5 Å². The lowest BCUT2D eigenvalue weighted by Crippen LogP contribution is -2.46. The normalized spacial score (nSPS) is 20.0. The number of benzene rings is 2. The van der Waals surface area contributed by atoms with Crippen LogP contribution < -0.4 is 14.2 Å². The molecule has 6 heteroatoms. The van der Waals surface area contributed by atoms with Crippen LogP contribution in [0.25, 0.3) is 6.08 Å². The molecule has 1 heterocycles. The van der Waals surface area contributed by atoms with Crippen LogP contribution in [0.4, 0.5) is 0 Å². The highest BCUT2D eigenvalue weighted by molar-refractivity contribution is 5.51. The Hall–Kier alpha value is -2.54. The van der Waals surface area contributed by atoms with E-state index in [1.807, 2.05) is 42.5 Å². The quantitative estimate of drug-likeness (QED) is 0.736. The summed E-state index contributed by atoms with van der Waals surface area (Å²) in [4.78, 5) is 2.31. The van der Waals surface area contributed by atoms with Gasteiger partial charge in [0, 0.05) is 13.1 Å². The van der Waals surface area contributed by atoms with Crippen LogP contribution in [0, 0.1) is 0 Å². The van der Waals surface area contributed by atoms with Crippen molar-refractivity contribution in [2.45, 2.75) is 12.1 Å². The zero-order chi connectivity index (χ0) is 20.6. The van der Waals surface area contributed by atoms with Crippen LogP contribution in [0.5, 0.6) is 17.2 Å². The second kappa shape index (κ2) is 10.3. The van der Waals surface area contributed by atoms with Crippen LogP contribution in [0.3, 0.4) is 0 Å². The number of hydrogen-bond acceptors (Lipinski definition) is 6. The Morgan fingerprint density at radius 3 is 2.45 bits per heavy atom. The Morgan fingerprint density at radius 1 is 1.03 bits per heavy atom. The molecule has 0 amide bonds. The van der Waals surface area contributed by atoms with Gasteiger partial charge >= 0.3 is 0 Å². The van der Waals surface area contributed by atoms with Gasteiger partial charge < -0.3 is 24.1 Å². The molecule has 2 aromatic carbocycles. The largest absolute Gasteiger partial charge is 0.497 e. The highest BCUT2D eigenvalue weighted by Crippen LogP contribution is 2.35. The first kappa shape index (κ1) is 21.2. The van der Waals surface area contributed by atoms with E-state index in [9.17, 15) is 5.11 Å². The molecule has 2 aromatic rings. The molecular formula is C23H29NO5. The molecule has 0 aromatic heterocycles. The van der Waals surface area contributed by atoms with Crippen LogP contribution in [0.2, 0.25) is 0 Å². The van der Waals surface area contributed by atoms with E-state index >= 15 is 0 Å². The van der Waals surface area contributed by atoms with Crippen molar-refractivity contribution in [1.29, 1.82) is 0 Å². The maximum Gasteiger partial charge on any atom is 0.161 e. The van der Waals surface area contributed by atoms with E-state index in [0.29, 0.717) is 18.1 Å². The molecule has 1 saturated heterocycles. The van der Waals surface area contributed by atoms with E-state index in [2.05, 4.69) is 17.1 Å². The molecule has 29 heavy (non-hydrogen) atoms. The average molecular weight is 399 g/mol. The van der Waals surface area contributed by atoms with Crippen LogP contribution in [0.1, 0.15) is 17.2 Å². The van der Waals surface area contributed by atoms with Gasteiger partial charge in [0.2, 0.25) is 0 Å². The van der Waals surface area contributed by atoms with E-state index in [0.717, 1.165) is 30.0 Å². The lowest BCUT2D eigenvalue weighted by molar-refractivity contribution is -0.0896. The molecule has 0 unspecified atom stereocenters. The van der Waals surface area contributed by atoms with Crippen molar-refractivity contribution in [3.8, 4) is 17.2 Å². The first-order chi connectivity index (χ1) is 14.2. The Balaban J connectivity index is 1.79. The van der Waals surface area contributed by atoms with E-state index in [1.54, 1.807) is 21.3 Å². The molecule has 0 aliphatic carbocycles. The predicted octanol–water partition coefficient (Wildman–Crippen LogP) is 3.16. The SMILES string of the molecule is COc1ccc(/C=C/CN2CCO[C@H](CO)[C@H]2c2ccc(OC)c(OC)c2)cc1. The van der Waals surface area contributed by atoms with Crippen LogP contribution in [-0.4, -0.2) is 63.7 Å². The highest BCUT2D eigenvalue weighted by Gasteiger charge is 2.33. The van der Waals surface area contributed by atoms with Crippen LogP contribution in [0.15, 0.2) is 48.5 Å². The number of aliphatic hydroxyl groups is 1. The summed E-state index contributed by atoms with van der Waals surface area (Å²) in [5, 5.41) is 9.88. The number of aliphatic hydroxyl groups excluding tert-OH is 1. The van der Waals surface area contributed by atoms with Gasteiger partial charge in [-0.2, -0.15) is 0 Å². The van der Waals surface area contributed by atoms with Crippen molar-refractivity contribution in [3.63, 3.8) is 0 Å². The van der Waals surface area contributed by atoms with E-state index < -0.39 is 0 Å². The minimum absolute atomic E-state index is 0.0439. The average Bonchev–Trinajstić information content (AvgIpc) is 2.78. The molecule has 156 valence electrons. The molecule has 2 atom stereocenters. The maximum atomic E-state index is 9.88. The van der Waals surface area contributed by atoms with E-state index in [1.165, 1.54) is 0 Å². The van der Waals surface area contributed by atoms with Crippen LogP contribution in [-0.2, 0) is 4.74 Å². The second-order valence-electron chi connectivity index (χ2n) is 6.82. The molecular weight excluding hydrogens is 370 g/mol. The van der Waals surface area contributed by atoms with Crippen LogP contribution >= 0.6 is 0 Å². The molecule has 3 rings (SSSR count). The molecule has 1 aliphatic heterocycles. The summed E-state index contributed by atoms with van der Waals surface area (Å²) in [7, 11) is 4.90. The molecule has 1 fully saturated rings. The lowest BCUT2D eigenvalue weighted by Gasteiger charge is -2.40. The summed E-state index contributed by atoms with van der Waals surface area (Å²) < 4.78 is 21.9. The number of morpholine rings is 1. The zero-order valence-corrected chi connectivity index (χ0v) is 17.2. The maximum absolute atomic E-state index is 9.88. The number of methoxy groups -OCH3 is 3.